The van der Waals surface area contributed by atoms with E-state index in [2.05, 4.69) is 25.6 Å². The zero-order valence-corrected chi connectivity index (χ0v) is 17.2. The summed E-state index contributed by atoms with van der Waals surface area (Å²) in [4.78, 5) is 21.0. The van der Waals surface area contributed by atoms with E-state index in [0.717, 1.165) is 11.3 Å². The van der Waals surface area contributed by atoms with E-state index in [-0.39, 0.29) is 5.91 Å². The van der Waals surface area contributed by atoms with Crippen LogP contribution in [0.1, 0.15) is 24.6 Å². The zero-order chi connectivity index (χ0) is 21.6. The number of carbonyl (C=O) groups is 1. The van der Waals surface area contributed by atoms with Gasteiger partial charge in [0.2, 0.25) is 29.3 Å². The maximum atomic E-state index is 12.4. The average Bonchev–Trinajstić information content (AvgIpc) is 3.43. The van der Waals surface area contributed by atoms with Gasteiger partial charge in [-0.25, -0.2) is 0 Å². The summed E-state index contributed by atoms with van der Waals surface area (Å²) in [5.41, 5.74) is 2.17. The summed E-state index contributed by atoms with van der Waals surface area (Å²) in [5, 5.41) is 10.8. The molecule has 0 aliphatic rings. The predicted octanol–water partition coefficient (Wildman–Crippen LogP) is 4.07. The van der Waals surface area contributed by atoms with Crippen molar-refractivity contribution in [2.24, 2.45) is 0 Å². The van der Waals surface area contributed by atoms with Crippen LogP contribution >= 0.6 is 0 Å². The first kappa shape index (κ1) is 20.3. The van der Waals surface area contributed by atoms with Gasteiger partial charge in [-0.15, -0.1) is 0 Å². The molecule has 9 heteroatoms. The van der Waals surface area contributed by atoms with Crippen molar-refractivity contribution in [2.45, 2.75) is 26.2 Å². The van der Waals surface area contributed by atoms with Gasteiger partial charge in [0, 0.05) is 30.9 Å². The average molecular weight is 419 g/mol. The first-order chi connectivity index (χ1) is 15.1. The maximum Gasteiger partial charge on any atom is 0.226 e. The third-order valence-electron chi connectivity index (χ3n) is 4.58. The molecule has 0 aliphatic carbocycles. The van der Waals surface area contributed by atoms with Gasteiger partial charge < -0.3 is 19.1 Å². The number of para-hydroxylation sites is 1. The van der Waals surface area contributed by atoms with E-state index in [9.17, 15) is 4.79 Å². The van der Waals surface area contributed by atoms with Crippen molar-refractivity contribution in [1.82, 2.24) is 20.3 Å². The van der Waals surface area contributed by atoms with Crippen molar-refractivity contribution < 1.29 is 18.6 Å². The second-order valence-corrected chi connectivity index (χ2v) is 6.82. The van der Waals surface area contributed by atoms with Crippen LogP contribution in [0.5, 0.6) is 5.75 Å². The Bertz CT molecular complexity index is 1170. The first-order valence-corrected chi connectivity index (χ1v) is 9.79. The van der Waals surface area contributed by atoms with Crippen LogP contribution in [0.4, 0.5) is 5.69 Å². The van der Waals surface area contributed by atoms with Crippen LogP contribution in [-0.2, 0) is 11.2 Å². The number of aryl methyl sites for hydroxylation is 2. The van der Waals surface area contributed by atoms with E-state index in [4.69, 9.17) is 13.8 Å². The molecular weight excluding hydrogens is 398 g/mol. The fraction of sp³-hybridized carbons (Fsp3) is 0.227. The molecule has 0 aliphatic heterocycles. The number of anilines is 1. The maximum absolute atomic E-state index is 12.4. The number of rotatable bonds is 8. The number of benzene rings is 2. The van der Waals surface area contributed by atoms with Crippen LogP contribution in [0, 0.1) is 6.92 Å². The highest BCUT2D eigenvalue weighted by Gasteiger charge is 2.14. The highest BCUT2D eigenvalue weighted by atomic mass is 16.5. The van der Waals surface area contributed by atoms with Crippen molar-refractivity contribution in [3.63, 3.8) is 0 Å². The minimum absolute atomic E-state index is 0.123. The van der Waals surface area contributed by atoms with Gasteiger partial charge in [-0.1, -0.05) is 22.4 Å². The van der Waals surface area contributed by atoms with Gasteiger partial charge >= 0.3 is 0 Å². The molecule has 9 nitrogen and oxygen atoms in total. The minimum atomic E-state index is -0.123. The molecule has 158 valence electrons. The highest BCUT2D eigenvalue weighted by Crippen LogP contribution is 2.25. The highest BCUT2D eigenvalue weighted by molar-refractivity contribution is 5.94. The number of aromatic nitrogens is 4. The molecule has 4 aromatic rings. The monoisotopic (exact) mass is 419 g/mol. The minimum Gasteiger partial charge on any atom is -0.497 e. The van der Waals surface area contributed by atoms with Crippen LogP contribution in [-0.4, -0.2) is 33.3 Å². The second kappa shape index (κ2) is 9.21. The van der Waals surface area contributed by atoms with Crippen LogP contribution in [0.3, 0.4) is 0 Å². The number of hydrogen-bond acceptors (Lipinski definition) is 8. The largest absolute Gasteiger partial charge is 0.497 e. The molecule has 0 saturated carbocycles. The molecule has 31 heavy (non-hydrogen) atoms. The molecule has 0 saturated heterocycles. The first-order valence-electron chi connectivity index (χ1n) is 9.79. The summed E-state index contributed by atoms with van der Waals surface area (Å²) >= 11 is 0. The summed E-state index contributed by atoms with van der Waals surface area (Å²) in [5.74, 6) is 2.53. The normalized spacial score (nSPS) is 10.8. The van der Waals surface area contributed by atoms with E-state index < -0.39 is 0 Å². The smallest absolute Gasteiger partial charge is 0.226 e. The summed E-state index contributed by atoms with van der Waals surface area (Å²) in [6.45, 7) is 1.72. The number of ether oxygens (including phenoxy) is 1. The van der Waals surface area contributed by atoms with Crippen molar-refractivity contribution in [1.29, 1.82) is 0 Å². The molecule has 0 fully saturated rings. The van der Waals surface area contributed by atoms with Gasteiger partial charge in [0.05, 0.1) is 12.8 Å². The SMILES string of the molecule is COc1ccc(-c2noc(CCCC(=O)Nc3ccccc3-c3noc(C)n3)n2)cc1. The number of amides is 1. The van der Waals surface area contributed by atoms with Crippen molar-refractivity contribution in [3.8, 4) is 28.5 Å². The van der Waals surface area contributed by atoms with Gasteiger partial charge in [-0.2, -0.15) is 9.97 Å². The Balaban J connectivity index is 1.32. The van der Waals surface area contributed by atoms with Crippen molar-refractivity contribution in [2.75, 3.05) is 12.4 Å². The molecule has 0 atom stereocenters. The van der Waals surface area contributed by atoms with E-state index in [0.29, 0.717) is 53.9 Å². The summed E-state index contributed by atoms with van der Waals surface area (Å²) in [6.07, 6.45) is 1.38. The Labute approximate surface area is 178 Å². The lowest BCUT2D eigenvalue weighted by molar-refractivity contribution is -0.116. The molecule has 4 rings (SSSR count). The van der Waals surface area contributed by atoms with E-state index in [1.807, 2.05) is 42.5 Å². The molecular formula is C22H21N5O4. The molecule has 0 spiro atoms. The quantitative estimate of drug-likeness (QED) is 0.454. The third kappa shape index (κ3) is 4.95. The predicted molar refractivity (Wildman–Crippen MR) is 112 cm³/mol. The molecule has 2 aromatic heterocycles. The second-order valence-electron chi connectivity index (χ2n) is 6.82. The van der Waals surface area contributed by atoms with Gasteiger partial charge in [0.15, 0.2) is 0 Å². The molecule has 2 heterocycles. The summed E-state index contributed by atoms with van der Waals surface area (Å²) < 4.78 is 15.5. The number of nitrogens with zero attached hydrogens (tertiary/aromatic N) is 4. The molecule has 0 bridgehead atoms. The van der Waals surface area contributed by atoms with Crippen LogP contribution in [0.2, 0.25) is 0 Å². The molecule has 0 unspecified atom stereocenters. The number of nitrogens with one attached hydrogen (secondary N) is 1. The Morgan fingerprint density at radius 3 is 2.52 bits per heavy atom. The zero-order valence-electron chi connectivity index (χ0n) is 17.2. The molecule has 0 radical (unpaired) electrons. The lowest BCUT2D eigenvalue weighted by atomic mass is 10.1. The van der Waals surface area contributed by atoms with E-state index >= 15 is 0 Å². The van der Waals surface area contributed by atoms with Gasteiger partial charge in [-0.05, 0) is 42.8 Å². The van der Waals surface area contributed by atoms with Gasteiger partial charge in [0.25, 0.3) is 0 Å². The van der Waals surface area contributed by atoms with Crippen LogP contribution < -0.4 is 10.1 Å². The van der Waals surface area contributed by atoms with Crippen LogP contribution in [0.15, 0.2) is 57.6 Å². The van der Waals surface area contributed by atoms with Gasteiger partial charge in [0.1, 0.15) is 5.75 Å². The summed E-state index contributed by atoms with van der Waals surface area (Å²) in [7, 11) is 1.61. The van der Waals surface area contributed by atoms with Crippen LogP contribution in [0.25, 0.3) is 22.8 Å². The van der Waals surface area contributed by atoms with E-state index in [1.165, 1.54) is 0 Å². The molecule has 2 aromatic carbocycles. The number of carbonyl (C=O) groups excluding carboxylic acids is 1. The number of hydrogen-bond donors (Lipinski definition) is 1. The Kier molecular flexibility index (Phi) is 6.02. The van der Waals surface area contributed by atoms with Crippen molar-refractivity contribution >= 4 is 11.6 Å². The fourth-order valence-electron chi connectivity index (χ4n) is 3.02. The Morgan fingerprint density at radius 2 is 1.77 bits per heavy atom. The molecule has 1 N–H and O–H groups in total. The Hall–Kier alpha value is -4.01. The third-order valence-corrected chi connectivity index (χ3v) is 4.58. The fourth-order valence-corrected chi connectivity index (χ4v) is 3.02. The summed E-state index contributed by atoms with van der Waals surface area (Å²) in [6, 6.07) is 14.7. The van der Waals surface area contributed by atoms with E-state index in [1.54, 1.807) is 20.1 Å². The topological polar surface area (TPSA) is 116 Å². The van der Waals surface area contributed by atoms with Gasteiger partial charge in [-0.3, -0.25) is 4.79 Å². The number of methoxy groups -OCH3 is 1. The lowest BCUT2D eigenvalue weighted by Gasteiger charge is -2.08. The van der Waals surface area contributed by atoms with Crippen molar-refractivity contribution in [3.05, 3.63) is 60.3 Å². The molecule has 1 amide bonds. The lowest BCUT2D eigenvalue weighted by Crippen LogP contribution is -2.12. The standard InChI is InChI=1S/C22H21N5O4/c1-14-23-22(27-30-14)17-6-3-4-7-18(17)24-19(28)8-5-9-20-25-21(26-31-20)15-10-12-16(29-2)13-11-15/h3-4,6-7,10-13H,5,8-9H2,1-2H3,(H,24,28). The Morgan fingerprint density at radius 1 is 1.00 bits per heavy atom.